The van der Waals surface area contributed by atoms with Crippen LogP contribution in [0, 0.1) is 5.92 Å². The highest BCUT2D eigenvalue weighted by atomic mass is 35.5. The summed E-state index contributed by atoms with van der Waals surface area (Å²) in [6.07, 6.45) is 4.77. The number of aliphatic hydroxyl groups is 1. The number of rotatable bonds is 4. The Morgan fingerprint density at radius 1 is 1.35 bits per heavy atom. The van der Waals surface area contributed by atoms with Crippen LogP contribution >= 0.6 is 24.8 Å². The molecule has 114 valence electrons. The zero-order chi connectivity index (χ0) is 13.0. The van der Waals surface area contributed by atoms with Gasteiger partial charge in [0, 0.05) is 30.9 Å². The lowest BCUT2D eigenvalue weighted by molar-refractivity contribution is -0.125. The largest absolute Gasteiger partial charge is 0.391 e. The first-order chi connectivity index (χ1) is 8.66. The first-order valence-corrected chi connectivity index (χ1v) is 6.27. The Bertz CT molecular complexity index is 396. The molecule has 1 fully saturated rings. The van der Waals surface area contributed by atoms with E-state index in [9.17, 15) is 9.90 Å². The Kier molecular flexibility index (Phi) is 8.73. The molecular formula is C13H21Cl2N3O2. The van der Waals surface area contributed by atoms with E-state index in [-0.39, 0.29) is 42.7 Å². The van der Waals surface area contributed by atoms with Gasteiger partial charge in [0.15, 0.2) is 0 Å². The fraction of sp³-hybridized carbons (Fsp3) is 0.538. The summed E-state index contributed by atoms with van der Waals surface area (Å²) >= 11 is 0. The van der Waals surface area contributed by atoms with E-state index in [1.54, 1.807) is 12.4 Å². The molecule has 20 heavy (non-hydrogen) atoms. The normalized spacial score (nSPS) is 24.4. The van der Waals surface area contributed by atoms with E-state index < -0.39 is 6.10 Å². The lowest BCUT2D eigenvalue weighted by Gasteiger charge is -2.10. The Hall–Kier alpha value is -0.880. The average molecular weight is 322 g/mol. The van der Waals surface area contributed by atoms with Crippen molar-refractivity contribution in [1.29, 1.82) is 0 Å². The fourth-order valence-electron chi connectivity index (χ4n) is 2.29. The van der Waals surface area contributed by atoms with Gasteiger partial charge in [-0.1, -0.05) is 0 Å². The molecule has 0 unspecified atom stereocenters. The topological polar surface area (TPSA) is 88.2 Å². The van der Waals surface area contributed by atoms with Gasteiger partial charge in [-0.2, -0.15) is 0 Å². The highest BCUT2D eigenvalue weighted by Crippen LogP contribution is 2.24. The summed E-state index contributed by atoms with van der Waals surface area (Å²) in [5.41, 5.74) is 6.84. The molecule has 0 aromatic carbocycles. The first-order valence-electron chi connectivity index (χ1n) is 6.27. The van der Waals surface area contributed by atoms with Crippen LogP contribution in [0.2, 0.25) is 0 Å². The number of nitrogens with zero attached hydrogens (tertiary/aromatic N) is 1. The predicted octanol–water partition coefficient (Wildman–Crippen LogP) is 0.682. The minimum atomic E-state index is -0.541. The molecule has 1 aliphatic carbocycles. The number of halogens is 2. The Balaban J connectivity index is 0.00000180. The number of hydrogen-bond donors (Lipinski definition) is 3. The predicted molar refractivity (Wildman–Crippen MR) is 82.2 cm³/mol. The van der Waals surface area contributed by atoms with Gasteiger partial charge in [0.25, 0.3) is 0 Å². The second kappa shape index (κ2) is 9.13. The molecule has 7 heteroatoms. The van der Waals surface area contributed by atoms with Crippen molar-refractivity contribution in [2.24, 2.45) is 11.7 Å². The van der Waals surface area contributed by atoms with Gasteiger partial charge in [-0.3, -0.25) is 9.78 Å². The number of nitrogens with one attached hydrogen (secondary N) is 1. The quantitative estimate of drug-likeness (QED) is 0.761. The molecule has 2 rings (SSSR count). The van der Waals surface area contributed by atoms with Gasteiger partial charge in [0.2, 0.25) is 5.91 Å². The summed E-state index contributed by atoms with van der Waals surface area (Å²) in [7, 11) is 0. The van der Waals surface area contributed by atoms with Gasteiger partial charge in [0.1, 0.15) is 0 Å². The third-order valence-corrected chi connectivity index (χ3v) is 3.41. The van der Waals surface area contributed by atoms with Crippen molar-refractivity contribution in [3.8, 4) is 0 Å². The molecule has 0 bridgehead atoms. The van der Waals surface area contributed by atoms with Crippen molar-refractivity contribution in [2.45, 2.75) is 31.4 Å². The van der Waals surface area contributed by atoms with Crippen molar-refractivity contribution in [1.82, 2.24) is 10.3 Å². The second-order valence-corrected chi connectivity index (χ2v) is 4.80. The minimum absolute atomic E-state index is 0. The third-order valence-electron chi connectivity index (χ3n) is 3.41. The van der Waals surface area contributed by atoms with E-state index in [1.165, 1.54) is 0 Å². The molecule has 4 N–H and O–H groups in total. The molecule has 1 aromatic rings. The van der Waals surface area contributed by atoms with E-state index in [2.05, 4.69) is 10.3 Å². The molecule has 0 saturated heterocycles. The van der Waals surface area contributed by atoms with Crippen molar-refractivity contribution in [3.63, 3.8) is 0 Å². The maximum absolute atomic E-state index is 11.8. The van der Waals surface area contributed by atoms with Crippen LogP contribution in [0.1, 0.15) is 18.4 Å². The SMILES string of the molecule is Cl.Cl.N[C@@H]1C[C@H](C(=O)NCCc2ccncc2)C[C@H]1O. The van der Waals surface area contributed by atoms with Crippen LogP contribution in [0.4, 0.5) is 0 Å². The smallest absolute Gasteiger partial charge is 0.223 e. The van der Waals surface area contributed by atoms with Crippen molar-refractivity contribution < 1.29 is 9.90 Å². The average Bonchev–Trinajstić information content (AvgIpc) is 2.71. The number of pyridine rings is 1. The van der Waals surface area contributed by atoms with E-state index >= 15 is 0 Å². The van der Waals surface area contributed by atoms with Crippen LogP contribution in [-0.2, 0) is 11.2 Å². The zero-order valence-corrected chi connectivity index (χ0v) is 12.7. The molecule has 1 saturated carbocycles. The molecule has 1 heterocycles. The van der Waals surface area contributed by atoms with Gasteiger partial charge in [0.05, 0.1) is 6.10 Å². The third kappa shape index (κ3) is 5.25. The molecule has 1 aliphatic rings. The second-order valence-electron chi connectivity index (χ2n) is 4.80. The summed E-state index contributed by atoms with van der Waals surface area (Å²) in [5.74, 6) is -0.150. The van der Waals surface area contributed by atoms with E-state index in [0.29, 0.717) is 19.4 Å². The van der Waals surface area contributed by atoms with Crippen LogP contribution in [0.25, 0.3) is 0 Å². The Morgan fingerprint density at radius 2 is 2.00 bits per heavy atom. The number of amides is 1. The summed E-state index contributed by atoms with van der Waals surface area (Å²) in [4.78, 5) is 15.8. The monoisotopic (exact) mass is 321 g/mol. The summed E-state index contributed by atoms with van der Waals surface area (Å²) < 4.78 is 0. The van der Waals surface area contributed by atoms with E-state index in [0.717, 1.165) is 12.0 Å². The highest BCUT2D eigenvalue weighted by molar-refractivity contribution is 5.85. The van der Waals surface area contributed by atoms with Crippen molar-refractivity contribution in [2.75, 3.05) is 6.54 Å². The first kappa shape index (κ1) is 19.1. The number of carbonyl (C=O) groups is 1. The molecule has 3 atom stereocenters. The molecule has 0 radical (unpaired) electrons. The van der Waals surface area contributed by atoms with Gasteiger partial charge in [-0.15, -0.1) is 24.8 Å². The highest BCUT2D eigenvalue weighted by Gasteiger charge is 2.34. The summed E-state index contributed by atoms with van der Waals surface area (Å²) in [6, 6.07) is 3.60. The van der Waals surface area contributed by atoms with Crippen molar-refractivity contribution in [3.05, 3.63) is 30.1 Å². The standard InChI is InChI=1S/C13H19N3O2.2ClH/c14-11-7-10(8-12(11)17)13(18)16-6-3-9-1-4-15-5-2-9;;/h1-2,4-5,10-12,17H,3,6-8,14H2,(H,16,18);2*1H/t10-,11+,12+;;/m0../s1. The number of aliphatic hydroxyl groups excluding tert-OH is 1. The van der Waals surface area contributed by atoms with Crippen molar-refractivity contribution >= 4 is 30.7 Å². The van der Waals surface area contributed by atoms with Crippen LogP contribution in [0.3, 0.4) is 0 Å². The van der Waals surface area contributed by atoms with Gasteiger partial charge >= 0.3 is 0 Å². The number of hydrogen-bond acceptors (Lipinski definition) is 4. The molecule has 1 amide bonds. The lowest BCUT2D eigenvalue weighted by atomic mass is 10.1. The zero-order valence-electron chi connectivity index (χ0n) is 11.1. The summed E-state index contributed by atoms with van der Waals surface area (Å²) in [5, 5.41) is 12.4. The van der Waals surface area contributed by atoms with Crippen LogP contribution in [0.15, 0.2) is 24.5 Å². The number of aromatic nitrogens is 1. The number of carbonyl (C=O) groups excluding carboxylic acids is 1. The maximum Gasteiger partial charge on any atom is 0.223 e. The van der Waals surface area contributed by atoms with Crippen LogP contribution < -0.4 is 11.1 Å². The van der Waals surface area contributed by atoms with E-state index in [1.807, 2.05) is 12.1 Å². The van der Waals surface area contributed by atoms with E-state index in [4.69, 9.17) is 5.73 Å². The lowest BCUT2D eigenvalue weighted by Crippen LogP contribution is -2.32. The maximum atomic E-state index is 11.8. The van der Waals surface area contributed by atoms with Crippen LogP contribution in [-0.4, -0.2) is 34.7 Å². The van der Waals surface area contributed by atoms with Gasteiger partial charge < -0.3 is 16.2 Å². The Labute approximate surface area is 131 Å². The van der Waals surface area contributed by atoms with Gasteiger partial charge in [-0.25, -0.2) is 0 Å². The molecule has 0 aliphatic heterocycles. The number of nitrogens with two attached hydrogens (primary N) is 1. The minimum Gasteiger partial charge on any atom is -0.391 e. The van der Waals surface area contributed by atoms with Crippen LogP contribution in [0.5, 0.6) is 0 Å². The molecule has 0 spiro atoms. The molecule has 1 aromatic heterocycles. The van der Waals surface area contributed by atoms with Gasteiger partial charge in [-0.05, 0) is 37.0 Å². The summed E-state index contributed by atoms with van der Waals surface area (Å²) in [6.45, 7) is 0.602. The molecule has 5 nitrogen and oxygen atoms in total. The molecular weight excluding hydrogens is 301 g/mol. The Morgan fingerprint density at radius 3 is 2.55 bits per heavy atom. The fourth-order valence-corrected chi connectivity index (χ4v) is 2.29.